The fourth-order valence-corrected chi connectivity index (χ4v) is 6.19. The molecule has 1 amide bonds. The number of carbonyl (C=O) groups is 1. The van der Waals surface area contributed by atoms with Gasteiger partial charge in [0.25, 0.3) is 0 Å². The first kappa shape index (κ1) is 23.3. The van der Waals surface area contributed by atoms with Crippen molar-refractivity contribution in [3.05, 3.63) is 59.4 Å². The maximum Gasteiger partial charge on any atom is 0.226 e. The van der Waals surface area contributed by atoms with E-state index in [2.05, 4.69) is 4.72 Å². The molecule has 2 aromatic rings. The Bertz CT molecular complexity index is 1240. The lowest BCUT2D eigenvalue weighted by atomic mass is 9.64. The van der Waals surface area contributed by atoms with Crippen LogP contribution in [-0.2, 0) is 21.2 Å². The zero-order valence-corrected chi connectivity index (χ0v) is 19.2. The van der Waals surface area contributed by atoms with Crippen molar-refractivity contribution in [3.63, 3.8) is 0 Å². The van der Waals surface area contributed by atoms with Crippen molar-refractivity contribution < 1.29 is 30.8 Å². The molecule has 0 spiro atoms. The molecule has 0 unspecified atom stereocenters. The maximum atomic E-state index is 15.6. The number of carbonyl (C=O) groups excluding carboxylic acids is 1. The molecule has 2 saturated carbocycles. The van der Waals surface area contributed by atoms with E-state index in [1.54, 1.807) is 4.90 Å². The van der Waals surface area contributed by atoms with Gasteiger partial charge in [0.1, 0.15) is 23.1 Å². The van der Waals surface area contributed by atoms with Gasteiger partial charge in [-0.3, -0.25) is 4.79 Å². The van der Waals surface area contributed by atoms with E-state index < -0.39 is 45.2 Å². The molecule has 34 heavy (non-hydrogen) atoms. The minimum atomic E-state index is -3.82. The van der Waals surface area contributed by atoms with Gasteiger partial charge in [-0.15, -0.1) is 0 Å². The molecule has 2 saturated heterocycles. The Morgan fingerprint density at radius 1 is 1.12 bits per heavy atom. The molecule has 10 heteroatoms. The van der Waals surface area contributed by atoms with E-state index in [0.717, 1.165) is 18.4 Å². The molecule has 1 N–H and O–H groups in total. The lowest BCUT2D eigenvalue weighted by molar-refractivity contribution is -0.168. The lowest BCUT2D eigenvalue weighted by Gasteiger charge is -2.61. The monoisotopic (exact) mass is 496 g/mol. The second-order valence-electron chi connectivity index (χ2n) is 9.69. The van der Waals surface area contributed by atoms with E-state index in [0.29, 0.717) is 18.9 Å². The van der Waals surface area contributed by atoms with E-state index in [-0.39, 0.29) is 53.8 Å². The van der Waals surface area contributed by atoms with Crippen molar-refractivity contribution in [2.45, 2.75) is 55.9 Å². The topological polar surface area (TPSA) is 66.5 Å². The molecule has 4 aliphatic rings. The molecule has 2 aliphatic carbocycles. The molecule has 2 bridgehead atoms. The molecule has 2 aromatic carbocycles. The summed E-state index contributed by atoms with van der Waals surface area (Å²) in [6.07, 6.45) is 2.26. The van der Waals surface area contributed by atoms with Gasteiger partial charge in [-0.1, -0.05) is 18.2 Å². The Labute approximate surface area is 195 Å². The van der Waals surface area contributed by atoms with Gasteiger partial charge >= 0.3 is 0 Å². The van der Waals surface area contributed by atoms with Crippen LogP contribution in [0, 0.1) is 23.4 Å². The summed E-state index contributed by atoms with van der Waals surface area (Å²) in [6.45, 7) is 0. The number of sulfonamides is 1. The van der Waals surface area contributed by atoms with Crippen LogP contribution in [0.2, 0.25) is 0 Å². The van der Waals surface area contributed by atoms with Crippen LogP contribution in [0.4, 0.5) is 17.6 Å². The molecule has 2 heterocycles. The minimum Gasteiger partial charge on any atom is -0.334 e. The molecule has 2 atom stereocenters. The Morgan fingerprint density at radius 2 is 1.76 bits per heavy atom. The zero-order chi connectivity index (χ0) is 24.4. The van der Waals surface area contributed by atoms with Crippen molar-refractivity contribution in [3.8, 4) is 11.1 Å². The standard InChI is InChI=1S/C24H24F4N2O3S/c1-34(32,33)29-22-20(30(23(31)13-5-6-13)18-11-24(22,28)12-18)9-14-3-2-4-19(21(14)27)15-7-16(25)10-17(26)8-15/h2-4,7-8,10,13,18,20,22,29H,5-6,9,11-12H2,1H3/t18?,20-,22+,24?/m0/s1. The highest BCUT2D eigenvalue weighted by Gasteiger charge is 2.64. The molecular weight excluding hydrogens is 472 g/mol. The molecular formula is C24H24F4N2O3S. The summed E-state index contributed by atoms with van der Waals surface area (Å²) in [5, 5.41) is 0. The molecule has 5 nitrogen and oxygen atoms in total. The maximum absolute atomic E-state index is 15.6. The number of rotatable bonds is 6. The average molecular weight is 497 g/mol. The summed E-state index contributed by atoms with van der Waals surface area (Å²) in [4.78, 5) is 14.7. The van der Waals surface area contributed by atoms with Gasteiger partial charge in [-0.2, -0.15) is 0 Å². The Balaban J connectivity index is 1.54. The number of hydrogen-bond acceptors (Lipinski definition) is 3. The molecule has 0 aromatic heterocycles. The average Bonchev–Trinajstić information content (AvgIpc) is 3.54. The van der Waals surface area contributed by atoms with Crippen LogP contribution in [0.25, 0.3) is 11.1 Å². The third-order valence-corrected chi connectivity index (χ3v) is 7.73. The second-order valence-corrected chi connectivity index (χ2v) is 11.5. The summed E-state index contributed by atoms with van der Waals surface area (Å²) < 4.78 is 85.1. The molecule has 4 fully saturated rings. The fourth-order valence-electron chi connectivity index (χ4n) is 5.36. The molecule has 2 aliphatic heterocycles. The first-order chi connectivity index (χ1) is 15.9. The SMILES string of the molecule is CS(=O)(=O)N[C@@H]1[C@H](Cc2cccc(-c3cc(F)cc(F)c3)c2F)N(C(=O)C2CC2)C2CC1(F)C2. The Morgan fingerprint density at radius 3 is 2.35 bits per heavy atom. The van der Waals surface area contributed by atoms with Gasteiger partial charge in [0.2, 0.25) is 15.9 Å². The largest absolute Gasteiger partial charge is 0.334 e. The highest BCUT2D eigenvalue weighted by molar-refractivity contribution is 7.88. The number of fused-ring (bicyclic) bond motifs is 2. The smallest absolute Gasteiger partial charge is 0.226 e. The van der Waals surface area contributed by atoms with Gasteiger partial charge < -0.3 is 4.90 Å². The van der Waals surface area contributed by atoms with Crippen molar-refractivity contribution in [1.82, 2.24) is 9.62 Å². The molecule has 182 valence electrons. The van der Waals surface area contributed by atoms with Crippen molar-refractivity contribution >= 4 is 15.9 Å². The number of halogens is 4. The van der Waals surface area contributed by atoms with Gasteiger partial charge in [-0.05, 0) is 42.5 Å². The summed E-state index contributed by atoms with van der Waals surface area (Å²) in [5.41, 5.74) is -1.77. The number of alkyl halides is 1. The third-order valence-electron chi connectivity index (χ3n) is 7.05. The third kappa shape index (κ3) is 4.22. The highest BCUT2D eigenvalue weighted by atomic mass is 32.2. The van der Waals surface area contributed by atoms with Gasteiger partial charge in [-0.25, -0.2) is 30.7 Å². The summed E-state index contributed by atoms with van der Waals surface area (Å²) in [5.74, 6) is -2.81. The normalized spacial score (nSPS) is 28.5. The highest BCUT2D eigenvalue weighted by Crippen LogP contribution is 2.51. The van der Waals surface area contributed by atoms with Gasteiger partial charge in [0, 0.05) is 36.4 Å². The predicted molar refractivity (Wildman–Crippen MR) is 117 cm³/mol. The number of hydrogen-bond donors (Lipinski definition) is 1. The van der Waals surface area contributed by atoms with Gasteiger partial charge in [0.05, 0.1) is 18.3 Å². The van der Waals surface area contributed by atoms with Crippen LogP contribution in [0.3, 0.4) is 0 Å². The Kier molecular flexibility index (Phi) is 5.51. The zero-order valence-electron chi connectivity index (χ0n) is 18.4. The van der Waals surface area contributed by atoms with Crippen molar-refractivity contribution in [1.29, 1.82) is 0 Å². The minimum absolute atomic E-state index is 0.00188. The predicted octanol–water partition coefficient (Wildman–Crippen LogP) is 3.72. The summed E-state index contributed by atoms with van der Waals surface area (Å²) in [7, 11) is -3.82. The van der Waals surface area contributed by atoms with Crippen LogP contribution in [-0.4, -0.2) is 49.3 Å². The van der Waals surface area contributed by atoms with E-state index in [4.69, 9.17) is 0 Å². The fraction of sp³-hybridized carbons (Fsp3) is 0.458. The lowest BCUT2D eigenvalue weighted by Crippen LogP contribution is -2.77. The number of nitrogens with one attached hydrogen (secondary N) is 1. The van der Waals surface area contributed by atoms with E-state index in [9.17, 15) is 22.0 Å². The number of benzene rings is 2. The van der Waals surface area contributed by atoms with Gasteiger partial charge in [0.15, 0.2) is 0 Å². The summed E-state index contributed by atoms with van der Waals surface area (Å²) >= 11 is 0. The quantitative estimate of drug-likeness (QED) is 0.620. The van der Waals surface area contributed by atoms with Crippen LogP contribution < -0.4 is 4.72 Å². The molecule has 0 radical (unpaired) electrons. The van der Waals surface area contributed by atoms with Crippen LogP contribution >= 0.6 is 0 Å². The van der Waals surface area contributed by atoms with Crippen LogP contribution in [0.15, 0.2) is 36.4 Å². The number of piperidine rings is 2. The van der Waals surface area contributed by atoms with E-state index >= 15 is 8.78 Å². The van der Waals surface area contributed by atoms with E-state index in [1.165, 1.54) is 18.2 Å². The second kappa shape index (κ2) is 8.05. The summed E-state index contributed by atoms with van der Waals surface area (Å²) in [6, 6.07) is 4.51. The van der Waals surface area contributed by atoms with Crippen molar-refractivity contribution in [2.24, 2.45) is 5.92 Å². The van der Waals surface area contributed by atoms with Crippen LogP contribution in [0.1, 0.15) is 31.2 Å². The first-order valence-corrected chi connectivity index (χ1v) is 13.1. The number of amides is 1. The molecule has 6 rings (SSSR count). The number of nitrogens with zero attached hydrogens (tertiary/aromatic N) is 1. The Hall–Kier alpha value is -2.46. The van der Waals surface area contributed by atoms with Crippen LogP contribution in [0.5, 0.6) is 0 Å². The van der Waals surface area contributed by atoms with Crippen molar-refractivity contribution in [2.75, 3.05) is 6.26 Å². The first-order valence-electron chi connectivity index (χ1n) is 11.2. The van der Waals surface area contributed by atoms with E-state index in [1.807, 2.05) is 0 Å².